The van der Waals surface area contributed by atoms with Crippen molar-refractivity contribution in [3.8, 4) is 0 Å². The Hall–Kier alpha value is -1.35. The fraction of sp³-hybridized carbons (Fsp3) is 0.400. The van der Waals surface area contributed by atoms with E-state index >= 15 is 0 Å². The fourth-order valence-electron chi connectivity index (χ4n) is 3.29. The summed E-state index contributed by atoms with van der Waals surface area (Å²) < 4.78 is 1.15. The normalized spacial score (nSPS) is 16.8. The zero-order chi connectivity index (χ0) is 18.4. The number of aryl methyl sites for hydroxylation is 1. The highest BCUT2D eigenvalue weighted by Crippen LogP contribution is 2.28. The van der Waals surface area contributed by atoms with E-state index in [0.717, 1.165) is 42.9 Å². The maximum absolute atomic E-state index is 4.37. The first-order chi connectivity index (χ1) is 12.7. The zero-order valence-electron chi connectivity index (χ0n) is 15.8. The summed E-state index contributed by atoms with van der Waals surface area (Å²) in [6.07, 6.45) is 5.83. The second kappa shape index (κ2) is 10.8. The first kappa shape index (κ1) is 21.9. The number of rotatable bonds is 5. The number of nitrogens with one attached hydrogen (secondary N) is 2. The molecule has 1 aliphatic heterocycles. The molecule has 1 fully saturated rings. The van der Waals surface area contributed by atoms with Crippen LogP contribution >= 0.6 is 39.9 Å². The van der Waals surface area contributed by atoms with Crippen LogP contribution in [0.1, 0.15) is 17.5 Å². The van der Waals surface area contributed by atoms with Gasteiger partial charge in [-0.05, 0) is 65.0 Å². The van der Waals surface area contributed by atoms with Crippen LogP contribution < -0.4 is 15.5 Å². The van der Waals surface area contributed by atoms with Gasteiger partial charge in [0.05, 0.1) is 5.69 Å². The molecule has 0 radical (unpaired) electrons. The molecule has 1 saturated heterocycles. The molecule has 2 aromatic rings. The number of pyridine rings is 1. The molecule has 3 rings (SSSR count). The summed E-state index contributed by atoms with van der Waals surface area (Å²) in [5, 5.41) is 6.98. The third kappa shape index (κ3) is 6.07. The number of hydrogen-bond acceptors (Lipinski definition) is 3. The lowest BCUT2D eigenvalue weighted by Gasteiger charge is -2.21. The molecule has 0 amide bonds. The van der Waals surface area contributed by atoms with Crippen LogP contribution in [0.15, 0.2) is 52.2 Å². The number of hydrogen-bond donors (Lipinski definition) is 2. The highest BCUT2D eigenvalue weighted by molar-refractivity contribution is 14.0. The highest BCUT2D eigenvalue weighted by atomic mass is 127. The summed E-state index contributed by atoms with van der Waals surface area (Å²) in [5.74, 6) is 0.871. The smallest absolute Gasteiger partial charge is 0.191 e. The number of aromatic nitrogens is 1. The summed E-state index contributed by atoms with van der Waals surface area (Å²) in [5.41, 5.74) is 3.81. The highest BCUT2D eigenvalue weighted by Gasteiger charge is 2.24. The second-order valence-electron chi connectivity index (χ2n) is 6.58. The SMILES string of the molecule is CN=C(NCCc1ccncc1C)NC1CCN(c2ccccc2Br)C1.I. The molecule has 0 saturated carbocycles. The van der Waals surface area contributed by atoms with Crippen LogP contribution in [0.2, 0.25) is 0 Å². The Morgan fingerprint density at radius 1 is 1.33 bits per heavy atom. The number of nitrogens with zero attached hydrogens (tertiary/aromatic N) is 3. The molecule has 2 N–H and O–H groups in total. The van der Waals surface area contributed by atoms with Crippen LogP contribution in [0.5, 0.6) is 0 Å². The third-order valence-corrected chi connectivity index (χ3v) is 5.44. The van der Waals surface area contributed by atoms with Gasteiger partial charge in [0.25, 0.3) is 0 Å². The molecule has 1 aromatic carbocycles. The average Bonchev–Trinajstić information content (AvgIpc) is 3.11. The summed E-state index contributed by atoms with van der Waals surface area (Å²) >= 11 is 3.65. The quantitative estimate of drug-likeness (QED) is 0.342. The predicted molar refractivity (Wildman–Crippen MR) is 127 cm³/mol. The Balaban J connectivity index is 0.00000261. The molecule has 1 unspecified atom stereocenters. The molecule has 1 atom stereocenters. The van der Waals surface area contributed by atoms with E-state index < -0.39 is 0 Å². The number of aliphatic imine (C=N–C) groups is 1. The van der Waals surface area contributed by atoms with Gasteiger partial charge in [0, 0.05) is 49.6 Å². The molecule has 7 heteroatoms. The van der Waals surface area contributed by atoms with Crippen molar-refractivity contribution in [3.63, 3.8) is 0 Å². The van der Waals surface area contributed by atoms with Crippen molar-refractivity contribution in [1.29, 1.82) is 0 Å². The van der Waals surface area contributed by atoms with Gasteiger partial charge in [0.15, 0.2) is 5.96 Å². The Labute approximate surface area is 187 Å². The van der Waals surface area contributed by atoms with Crippen molar-refractivity contribution < 1.29 is 0 Å². The molecule has 5 nitrogen and oxygen atoms in total. The molecule has 146 valence electrons. The Morgan fingerprint density at radius 2 is 2.15 bits per heavy atom. The van der Waals surface area contributed by atoms with Crippen LogP contribution in [0.4, 0.5) is 5.69 Å². The summed E-state index contributed by atoms with van der Waals surface area (Å²) in [6.45, 7) is 4.98. The maximum atomic E-state index is 4.37. The van der Waals surface area contributed by atoms with Gasteiger partial charge in [0.1, 0.15) is 0 Å². The lowest BCUT2D eigenvalue weighted by Crippen LogP contribution is -2.45. The maximum Gasteiger partial charge on any atom is 0.191 e. The lowest BCUT2D eigenvalue weighted by molar-refractivity contribution is 0.648. The molecule has 0 spiro atoms. The minimum absolute atomic E-state index is 0. The molecule has 2 heterocycles. The standard InChI is InChI=1S/C20H26BrN5.HI/c1-15-13-23-10-7-16(15)8-11-24-20(22-2)25-17-9-12-26(14-17)19-6-4-3-5-18(19)21;/h3-7,10,13,17H,8-9,11-12,14H2,1-2H3,(H2,22,24,25);1H. The van der Waals surface area contributed by atoms with Crippen LogP contribution in [0, 0.1) is 6.92 Å². The van der Waals surface area contributed by atoms with E-state index in [2.05, 4.69) is 78.7 Å². The van der Waals surface area contributed by atoms with Gasteiger partial charge in [-0.1, -0.05) is 12.1 Å². The van der Waals surface area contributed by atoms with Gasteiger partial charge < -0.3 is 15.5 Å². The fourth-order valence-corrected chi connectivity index (χ4v) is 3.83. The second-order valence-corrected chi connectivity index (χ2v) is 7.43. The Morgan fingerprint density at radius 3 is 2.89 bits per heavy atom. The largest absolute Gasteiger partial charge is 0.368 e. The summed E-state index contributed by atoms with van der Waals surface area (Å²) in [6, 6.07) is 10.9. The van der Waals surface area contributed by atoms with E-state index in [-0.39, 0.29) is 24.0 Å². The molecule has 27 heavy (non-hydrogen) atoms. The van der Waals surface area contributed by atoms with Gasteiger partial charge in [-0.3, -0.25) is 9.98 Å². The van der Waals surface area contributed by atoms with Crippen molar-refractivity contribution >= 4 is 51.6 Å². The van der Waals surface area contributed by atoms with Gasteiger partial charge in [-0.25, -0.2) is 0 Å². The third-order valence-electron chi connectivity index (χ3n) is 4.77. The topological polar surface area (TPSA) is 52.6 Å². The van der Waals surface area contributed by atoms with Gasteiger partial charge in [-0.2, -0.15) is 0 Å². The van der Waals surface area contributed by atoms with Crippen molar-refractivity contribution in [1.82, 2.24) is 15.6 Å². The summed E-state index contributed by atoms with van der Waals surface area (Å²) in [7, 11) is 1.83. The number of halogens is 2. The molecular weight excluding hydrogens is 517 g/mol. The van der Waals surface area contributed by atoms with Crippen molar-refractivity contribution in [3.05, 3.63) is 58.3 Å². The molecule has 1 aromatic heterocycles. The van der Waals surface area contributed by atoms with Crippen LogP contribution in [-0.2, 0) is 6.42 Å². The molecule has 1 aliphatic rings. The van der Waals surface area contributed by atoms with E-state index in [1.54, 1.807) is 0 Å². The minimum atomic E-state index is 0. The Kier molecular flexibility index (Phi) is 8.82. The molecule has 0 bridgehead atoms. The lowest BCUT2D eigenvalue weighted by atomic mass is 10.1. The predicted octanol–water partition coefficient (Wildman–Crippen LogP) is 3.76. The number of benzene rings is 1. The minimum Gasteiger partial charge on any atom is -0.368 e. The Bertz CT molecular complexity index is 768. The van der Waals surface area contributed by atoms with E-state index in [0.29, 0.717) is 6.04 Å². The molecular formula is C20H27BrIN5. The number of para-hydroxylation sites is 1. The van der Waals surface area contributed by atoms with Gasteiger partial charge in [0.2, 0.25) is 0 Å². The van der Waals surface area contributed by atoms with Gasteiger partial charge in [-0.15, -0.1) is 24.0 Å². The van der Waals surface area contributed by atoms with Crippen molar-refractivity contribution in [2.75, 3.05) is 31.6 Å². The van der Waals surface area contributed by atoms with Crippen LogP contribution in [-0.4, -0.2) is 43.7 Å². The van der Waals surface area contributed by atoms with E-state index in [9.17, 15) is 0 Å². The zero-order valence-corrected chi connectivity index (χ0v) is 19.7. The average molecular weight is 544 g/mol. The molecule has 0 aliphatic carbocycles. The van der Waals surface area contributed by atoms with E-state index in [1.165, 1.54) is 16.8 Å². The summed E-state index contributed by atoms with van der Waals surface area (Å²) in [4.78, 5) is 10.9. The van der Waals surface area contributed by atoms with Crippen LogP contribution in [0.3, 0.4) is 0 Å². The number of anilines is 1. The van der Waals surface area contributed by atoms with Crippen LogP contribution in [0.25, 0.3) is 0 Å². The van der Waals surface area contributed by atoms with Crippen molar-refractivity contribution in [2.24, 2.45) is 4.99 Å². The van der Waals surface area contributed by atoms with Gasteiger partial charge >= 0.3 is 0 Å². The number of guanidine groups is 1. The first-order valence-electron chi connectivity index (χ1n) is 9.03. The van der Waals surface area contributed by atoms with E-state index in [1.807, 2.05) is 19.4 Å². The van der Waals surface area contributed by atoms with Crippen molar-refractivity contribution in [2.45, 2.75) is 25.8 Å². The van der Waals surface area contributed by atoms with E-state index in [4.69, 9.17) is 0 Å². The monoisotopic (exact) mass is 543 g/mol. The first-order valence-corrected chi connectivity index (χ1v) is 9.83.